The van der Waals surface area contributed by atoms with Gasteiger partial charge in [0.2, 0.25) is 0 Å². The van der Waals surface area contributed by atoms with Crippen LogP contribution in [-0.2, 0) is 9.59 Å². The maximum absolute atomic E-state index is 11.9. The van der Waals surface area contributed by atoms with Gasteiger partial charge in [0.05, 0.1) is 0 Å². The summed E-state index contributed by atoms with van der Waals surface area (Å²) in [5.74, 6) is -1.51. The summed E-state index contributed by atoms with van der Waals surface area (Å²) in [5, 5.41) is 7.17. The molecule has 0 saturated heterocycles. The van der Waals surface area contributed by atoms with Crippen molar-refractivity contribution in [2.75, 3.05) is 5.32 Å². The van der Waals surface area contributed by atoms with E-state index in [1.54, 1.807) is 18.2 Å². The number of nitrogens with zero attached hydrogens (tertiary/aromatic N) is 1. The van der Waals surface area contributed by atoms with E-state index in [9.17, 15) is 9.59 Å². The fourth-order valence-corrected chi connectivity index (χ4v) is 2.69. The SMILES string of the molecule is Cc1ccc(Cl)cc1NC(=O)C(=O)NN=C1CCCCCCC1. The predicted octanol–water partition coefficient (Wildman–Crippen LogP) is 3.80. The number of halogens is 1. The van der Waals surface area contributed by atoms with Gasteiger partial charge in [0, 0.05) is 16.4 Å². The average Bonchev–Trinajstić information content (AvgIpc) is 2.49. The molecule has 2 N–H and O–H groups in total. The number of anilines is 1. The Hall–Kier alpha value is -1.88. The number of hydrogen-bond donors (Lipinski definition) is 2. The van der Waals surface area contributed by atoms with Gasteiger partial charge in [0.1, 0.15) is 0 Å². The highest BCUT2D eigenvalue weighted by Crippen LogP contribution is 2.20. The van der Waals surface area contributed by atoms with E-state index < -0.39 is 11.8 Å². The van der Waals surface area contributed by atoms with Crippen LogP contribution in [0.3, 0.4) is 0 Å². The van der Waals surface area contributed by atoms with Gasteiger partial charge in [0.15, 0.2) is 0 Å². The van der Waals surface area contributed by atoms with Crippen molar-refractivity contribution in [3.8, 4) is 0 Å². The zero-order valence-corrected chi connectivity index (χ0v) is 14.1. The second kappa shape index (κ2) is 8.67. The van der Waals surface area contributed by atoms with Gasteiger partial charge >= 0.3 is 11.8 Å². The number of hydrogen-bond acceptors (Lipinski definition) is 3. The van der Waals surface area contributed by atoms with Gasteiger partial charge in [-0.1, -0.05) is 36.9 Å². The fraction of sp³-hybridized carbons (Fsp3) is 0.471. The smallest absolute Gasteiger partial charge is 0.317 e. The molecule has 0 unspecified atom stereocenters. The minimum Gasteiger partial charge on any atom is -0.317 e. The number of rotatable bonds is 2. The topological polar surface area (TPSA) is 70.6 Å². The predicted molar refractivity (Wildman–Crippen MR) is 92.7 cm³/mol. The summed E-state index contributed by atoms with van der Waals surface area (Å²) >= 11 is 5.90. The Kier molecular flexibility index (Phi) is 6.59. The molecule has 2 amide bonds. The van der Waals surface area contributed by atoms with Crippen molar-refractivity contribution >= 4 is 34.8 Å². The molecule has 1 aliphatic rings. The van der Waals surface area contributed by atoms with Crippen LogP contribution in [0.15, 0.2) is 23.3 Å². The van der Waals surface area contributed by atoms with Crippen LogP contribution in [0.4, 0.5) is 5.69 Å². The largest absolute Gasteiger partial charge is 0.329 e. The minimum atomic E-state index is -0.765. The Labute approximate surface area is 141 Å². The third-order valence-electron chi connectivity index (χ3n) is 3.90. The second-order valence-corrected chi connectivity index (χ2v) is 6.24. The van der Waals surface area contributed by atoms with E-state index >= 15 is 0 Å². The summed E-state index contributed by atoms with van der Waals surface area (Å²) in [5.41, 5.74) is 4.68. The first-order valence-electron chi connectivity index (χ1n) is 7.99. The first kappa shape index (κ1) is 17.5. The molecule has 23 heavy (non-hydrogen) atoms. The molecule has 1 fully saturated rings. The summed E-state index contributed by atoms with van der Waals surface area (Å²) in [6.07, 6.45) is 7.60. The second-order valence-electron chi connectivity index (χ2n) is 5.80. The first-order chi connectivity index (χ1) is 11.1. The number of hydrazone groups is 1. The molecule has 124 valence electrons. The van der Waals surface area contributed by atoms with E-state index in [4.69, 9.17) is 11.6 Å². The van der Waals surface area contributed by atoms with Gasteiger partial charge in [-0.25, -0.2) is 5.43 Å². The van der Waals surface area contributed by atoms with Crippen molar-refractivity contribution < 1.29 is 9.59 Å². The fourth-order valence-electron chi connectivity index (χ4n) is 2.51. The van der Waals surface area contributed by atoms with Crippen molar-refractivity contribution in [1.82, 2.24) is 5.43 Å². The van der Waals surface area contributed by atoms with Gasteiger partial charge in [-0.2, -0.15) is 5.10 Å². The molecule has 1 aliphatic carbocycles. The number of benzene rings is 1. The summed E-state index contributed by atoms with van der Waals surface area (Å²) in [6.45, 7) is 1.83. The monoisotopic (exact) mass is 335 g/mol. The lowest BCUT2D eigenvalue weighted by atomic mass is 9.99. The van der Waals surface area contributed by atoms with Crippen LogP contribution in [0.2, 0.25) is 5.02 Å². The van der Waals surface area contributed by atoms with Gasteiger partial charge < -0.3 is 5.32 Å². The van der Waals surface area contributed by atoms with Crippen LogP contribution in [0.1, 0.15) is 50.5 Å². The molecule has 0 bridgehead atoms. The molecule has 0 aliphatic heterocycles. The van der Waals surface area contributed by atoms with E-state index in [1.807, 2.05) is 6.92 Å². The van der Waals surface area contributed by atoms with E-state index in [-0.39, 0.29) is 0 Å². The summed E-state index contributed by atoms with van der Waals surface area (Å²) < 4.78 is 0. The van der Waals surface area contributed by atoms with Crippen molar-refractivity contribution in [3.05, 3.63) is 28.8 Å². The number of amides is 2. The summed E-state index contributed by atoms with van der Waals surface area (Å²) in [7, 11) is 0. The molecule has 0 spiro atoms. The molecular weight excluding hydrogens is 314 g/mol. The minimum absolute atomic E-state index is 0.501. The average molecular weight is 336 g/mol. The molecular formula is C17H22ClN3O2. The van der Waals surface area contributed by atoms with Crippen molar-refractivity contribution in [2.45, 2.75) is 51.9 Å². The Balaban J connectivity index is 1.91. The number of nitrogens with one attached hydrogen (secondary N) is 2. The molecule has 0 radical (unpaired) electrons. The van der Waals surface area contributed by atoms with E-state index in [0.29, 0.717) is 10.7 Å². The normalized spacial score (nSPS) is 15.3. The summed E-state index contributed by atoms with van der Waals surface area (Å²) in [6, 6.07) is 5.13. The van der Waals surface area contributed by atoms with E-state index in [2.05, 4.69) is 15.8 Å². The van der Waals surface area contributed by atoms with Crippen molar-refractivity contribution in [1.29, 1.82) is 0 Å². The van der Waals surface area contributed by atoms with Gasteiger partial charge in [-0.05, 0) is 50.3 Å². The molecule has 1 aromatic carbocycles. The molecule has 2 rings (SSSR count). The Bertz CT molecular complexity index is 604. The highest BCUT2D eigenvalue weighted by atomic mass is 35.5. The standard InChI is InChI=1S/C17H22ClN3O2/c1-12-9-10-13(18)11-15(12)19-16(22)17(23)21-20-14-7-5-3-2-4-6-8-14/h9-11H,2-8H2,1H3,(H,19,22)(H,21,23). The molecule has 5 nitrogen and oxygen atoms in total. The highest BCUT2D eigenvalue weighted by Gasteiger charge is 2.15. The number of aryl methyl sites for hydroxylation is 1. The molecule has 1 saturated carbocycles. The Morgan fingerprint density at radius 3 is 2.39 bits per heavy atom. The van der Waals surface area contributed by atoms with Crippen LogP contribution >= 0.6 is 11.6 Å². The highest BCUT2D eigenvalue weighted by molar-refractivity contribution is 6.40. The molecule has 1 aromatic rings. The number of carbonyl (C=O) groups excluding carboxylic acids is 2. The number of carbonyl (C=O) groups is 2. The van der Waals surface area contributed by atoms with Crippen molar-refractivity contribution in [2.24, 2.45) is 5.10 Å². The Morgan fingerprint density at radius 1 is 1.04 bits per heavy atom. The lowest BCUT2D eigenvalue weighted by Gasteiger charge is -2.11. The van der Waals surface area contributed by atoms with Crippen LogP contribution < -0.4 is 10.7 Å². The van der Waals surface area contributed by atoms with Crippen LogP contribution in [0.25, 0.3) is 0 Å². The molecule has 6 heteroatoms. The lowest BCUT2D eigenvalue weighted by molar-refractivity contribution is -0.136. The zero-order valence-electron chi connectivity index (χ0n) is 13.3. The van der Waals surface area contributed by atoms with E-state index in [0.717, 1.165) is 37.0 Å². The van der Waals surface area contributed by atoms with Crippen LogP contribution in [-0.4, -0.2) is 17.5 Å². The molecule has 0 aromatic heterocycles. The third kappa shape index (κ3) is 5.67. The van der Waals surface area contributed by atoms with Crippen LogP contribution in [0, 0.1) is 6.92 Å². The Morgan fingerprint density at radius 2 is 1.70 bits per heavy atom. The van der Waals surface area contributed by atoms with Crippen molar-refractivity contribution in [3.63, 3.8) is 0 Å². The van der Waals surface area contributed by atoms with Crippen LogP contribution in [0.5, 0.6) is 0 Å². The summed E-state index contributed by atoms with van der Waals surface area (Å²) in [4.78, 5) is 23.8. The van der Waals surface area contributed by atoms with Gasteiger partial charge in [-0.3, -0.25) is 9.59 Å². The maximum Gasteiger partial charge on any atom is 0.329 e. The van der Waals surface area contributed by atoms with E-state index in [1.165, 1.54) is 19.3 Å². The molecule has 0 atom stereocenters. The lowest BCUT2D eigenvalue weighted by Crippen LogP contribution is -2.33. The van der Waals surface area contributed by atoms with Gasteiger partial charge in [-0.15, -0.1) is 0 Å². The quantitative estimate of drug-likeness (QED) is 0.637. The maximum atomic E-state index is 11.9. The third-order valence-corrected chi connectivity index (χ3v) is 4.14. The molecule has 0 heterocycles. The first-order valence-corrected chi connectivity index (χ1v) is 8.37. The van der Waals surface area contributed by atoms with Gasteiger partial charge in [0.25, 0.3) is 0 Å². The zero-order chi connectivity index (χ0) is 16.7.